The summed E-state index contributed by atoms with van der Waals surface area (Å²) in [5.74, 6) is 0.750. The molecule has 22 heavy (non-hydrogen) atoms. The molecule has 0 bridgehead atoms. The average Bonchev–Trinajstić information content (AvgIpc) is 2.44. The molecule has 0 aliphatic heterocycles. The van der Waals surface area contributed by atoms with E-state index in [1.165, 1.54) is 0 Å². The Kier molecular flexibility index (Phi) is 6.64. The Labute approximate surface area is 131 Å². The maximum absolute atomic E-state index is 11.9. The number of nitrogens with one attached hydrogen (secondary N) is 1. The standard InChI is InChI=1S/C16H26N2O4/c1-16(2,3)22-15(20)18-13(14(19)10-17)9-11-5-7-12(21-4)8-6-11/h5-8,13-14,19H,9-10,17H2,1-4H3,(H,18,20)/t13-,14-/m0/s1. The summed E-state index contributed by atoms with van der Waals surface area (Å²) in [4.78, 5) is 11.9. The van der Waals surface area contributed by atoms with Crippen molar-refractivity contribution in [2.24, 2.45) is 5.73 Å². The Balaban J connectivity index is 2.73. The summed E-state index contributed by atoms with van der Waals surface area (Å²) in [7, 11) is 1.60. The van der Waals surface area contributed by atoms with Crippen LogP contribution in [-0.4, -0.2) is 42.6 Å². The fourth-order valence-electron chi connectivity index (χ4n) is 1.92. The number of alkyl carbamates (subject to hydrolysis) is 1. The van der Waals surface area contributed by atoms with Crippen molar-refractivity contribution >= 4 is 6.09 Å². The molecule has 1 amide bonds. The largest absolute Gasteiger partial charge is 0.497 e. The summed E-state index contributed by atoms with van der Waals surface area (Å²) >= 11 is 0. The number of carbonyl (C=O) groups is 1. The highest BCUT2D eigenvalue weighted by Crippen LogP contribution is 2.14. The van der Waals surface area contributed by atoms with Crippen molar-refractivity contribution < 1.29 is 19.4 Å². The molecule has 2 atom stereocenters. The van der Waals surface area contributed by atoms with Crippen LogP contribution in [0.4, 0.5) is 4.79 Å². The third kappa shape index (κ3) is 6.32. The second-order valence-electron chi connectivity index (χ2n) is 6.11. The number of nitrogens with two attached hydrogens (primary N) is 1. The summed E-state index contributed by atoms with van der Waals surface area (Å²) in [6, 6.07) is 6.90. The number of carbonyl (C=O) groups excluding carboxylic acids is 1. The fourth-order valence-corrected chi connectivity index (χ4v) is 1.92. The molecule has 0 heterocycles. The third-order valence-electron chi connectivity index (χ3n) is 3.02. The quantitative estimate of drug-likeness (QED) is 0.739. The Morgan fingerprint density at radius 3 is 2.36 bits per heavy atom. The molecule has 0 saturated heterocycles. The van der Waals surface area contributed by atoms with Crippen LogP contribution >= 0.6 is 0 Å². The van der Waals surface area contributed by atoms with Gasteiger partial charge < -0.3 is 25.6 Å². The van der Waals surface area contributed by atoms with Crippen molar-refractivity contribution in [3.63, 3.8) is 0 Å². The Morgan fingerprint density at radius 2 is 1.91 bits per heavy atom. The molecule has 0 aliphatic carbocycles. The van der Waals surface area contributed by atoms with Crippen molar-refractivity contribution in [2.75, 3.05) is 13.7 Å². The fraction of sp³-hybridized carbons (Fsp3) is 0.562. The first kappa shape index (κ1) is 18.3. The second kappa shape index (κ2) is 8.00. The predicted octanol–water partition coefficient (Wildman–Crippen LogP) is 1.45. The van der Waals surface area contributed by atoms with E-state index < -0.39 is 23.8 Å². The Hall–Kier alpha value is -1.79. The van der Waals surface area contributed by atoms with Crippen molar-refractivity contribution in [3.05, 3.63) is 29.8 Å². The van der Waals surface area contributed by atoms with Gasteiger partial charge in [-0.2, -0.15) is 0 Å². The molecule has 0 aromatic heterocycles. The van der Waals surface area contributed by atoms with Gasteiger partial charge in [0.1, 0.15) is 11.4 Å². The molecule has 0 spiro atoms. The van der Waals surface area contributed by atoms with Crippen LogP contribution in [-0.2, 0) is 11.2 Å². The molecule has 124 valence electrons. The van der Waals surface area contributed by atoms with E-state index in [2.05, 4.69) is 5.32 Å². The first-order valence-electron chi connectivity index (χ1n) is 7.25. The van der Waals surface area contributed by atoms with E-state index in [9.17, 15) is 9.90 Å². The minimum Gasteiger partial charge on any atom is -0.497 e. The zero-order chi connectivity index (χ0) is 16.8. The van der Waals surface area contributed by atoms with Gasteiger partial charge in [0, 0.05) is 6.54 Å². The first-order valence-corrected chi connectivity index (χ1v) is 7.25. The maximum atomic E-state index is 11.9. The van der Waals surface area contributed by atoms with Gasteiger partial charge in [0.25, 0.3) is 0 Å². The van der Waals surface area contributed by atoms with E-state index in [1.807, 2.05) is 24.3 Å². The number of aliphatic hydroxyl groups is 1. The molecule has 0 saturated carbocycles. The second-order valence-corrected chi connectivity index (χ2v) is 6.11. The zero-order valence-electron chi connectivity index (χ0n) is 13.6. The van der Waals surface area contributed by atoms with E-state index in [1.54, 1.807) is 27.9 Å². The van der Waals surface area contributed by atoms with E-state index in [-0.39, 0.29) is 6.54 Å². The number of ether oxygens (including phenoxy) is 2. The van der Waals surface area contributed by atoms with Crippen molar-refractivity contribution in [1.82, 2.24) is 5.32 Å². The van der Waals surface area contributed by atoms with E-state index in [4.69, 9.17) is 15.2 Å². The molecule has 1 rings (SSSR count). The molecule has 0 aliphatic rings. The minimum atomic E-state index is -0.852. The smallest absolute Gasteiger partial charge is 0.407 e. The van der Waals surface area contributed by atoms with Gasteiger partial charge >= 0.3 is 6.09 Å². The van der Waals surface area contributed by atoms with Gasteiger partial charge in [-0.15, -0.1) is 0 Å². The Bertz CT molecular complexity index is 468. The molecular weight excluding hydrogens is 284 g/mol. The summed E-state index contributed by atoms with van der Waals surface area (Å²) in [5.41, 5.74) is 5.87. The lowest BCUT2D eigenvalue weighted by molar-refractivity contribution is 0.0430. The lowest BCUT2D eigenvalue weighted by atomic mass is 10.0. The average molecular weight is 310 g/mol. The van der Waals surface area contributed by atoms with Gasteiger partial charge in [-0.05, 0) is 44.9 Å². The summed E-state index contributed by atoms with van der Waals surface area (Å²) < 4.78 is 10.3. The molecule has 1 aromatic rings. The summed E-state index contributed by atoms with van der Waals surface area (Å²) in [6.07, 6.45) is -0.977. The van der Waals surface area contributed by atoms with Gasteiger partial charge in [0.05, 0.1) is 19.3 Å². The van der Waals surface area contributed by atoms with E-state index in [0.29, 0.717) is 6.42 Å². The van der Waals surface area contributed by atoms with Crippen LogP contribution in [0.5, 0.6) is 5.75 Å². The lowest BCUT2D eigenvalue weighted by Gasteiger charge is -2.26. The zero-order valence-corrected chi connectivity index (χ0v) is 13.6. The normalized spacial score (nSPS) is 14.1. The van der Waals surface area contributed by atoms with E-state index >= 15 is 0 Å². The van der Waals surface area contributed by atoms with Crippen LogP contribution in [0, 0.1) is 0 Å². The monoisotopic (exact) mass is 310 g/mol. The van der Waals surface area contributed by atoms with Crippen LogP contribution in [0.3, 0.4) is 0 Å². The highest BCUT2D eigenvalue weighted by Gasteiger charge is 2.24. The van der Waals surface area contributed by atoms with Gasteiger partial charge in [-0.3, -0.25) is 0 Å². The molecular formula is C16H26N2O4. The Morgan fingerprint density at radius 1 is 1.32 bits per heavy atom. The highest BCUT2D eigenvalue weighted by molar-refractivity contribution is 5.68. The summed E-state index contributed by atoms with van der Waals surface area (Å²) in [5, 5.41) is 12.7. The molecule has 4 N–H and O–H groups in total. The van der Waals surface area contributed by atoms with Gasteiger partial charge in [0.15, 0.2) is 0 Å². The van der Waals surface area contributed by atoms with Crippen molar-refractivity contribution in [1.29, 1.82) is 0 Å². The van der Waals surface area contributed by atoms with Crippen molar-refractivity contribution in [3.8, 4) is 5.75 Å². The number of hydrogen-bond acceptors (Lipinski definition) is 5. The van der Waals surface area contributed by atoms with Crippen LogP contribution in [0.2, 0.25) is 0 Å². The minimum absolute atomic E-state index is 0.0522. The molecule has 0 unspecified atom stereocenters. The highest BCUT2D eigenvalue weighted by atomic mass is 16.6. The van der Waals surface area contributed by atoms with E-state index in [0.717, 1.165) is 11.3 Å². The van der Waals surface area contributed by atoms with Gasteiger partial charge in [-0.1, -0.05) is 12.1 Å². The number of methoxy groups -OCH3 is 1. The topological polar surface area (TPSA) is 93.8 Å². The maximum Gasteiger partial charge on any atom is 0.407 e. The van der Waals surface area contributed by atoms with Crippen LogP contribution < -0.4 is 15.8 Å². The van der Waals surface area contributed by atoms with Crippen LogP contribution in [0.15, 0.2) is 24.3 Å². The molecule has 0 fully saturated rings. The number of hydrogen-bond donors (Lipinski definition) is 3. The first-order chi connectivity index (χ1) is 10.2. The number of amides is 1. The molecule has 1 aromatic carbocycles. The SMILES string of the molecule is COc1ccc(C[C@H](NC(=O)OC(C)(C)C)[C@@H](O)CN)cc1. The number of rotatable bonds is 6. The summed E-state index contributed by atoms with van der Waals surface area (Å²) in [6.45, 7) is 5.40. The molecule has 6 heteroatoms. The third-order valence-corrected chi connectivity index (χ3v) is 3.02. The predicted molar refractivity (Wildman–Crippen MR) is 84.9 cm³/mol. The number of aliphatic hydroxyl groups excluding tert-OH is 1. The van der Waals surface area contributed by atoms with Crippen LogP contribution in [0.1, 0.15) is 26.3 Å². The molecule has 6 nitrogen and oxygen atoms in total. The van der Waals surface area contributed by atoms with Gasteiger partial charge in [0.2, 0.25) is 0 Å². The number of benzene rings is 1. The van der Waals surface area contributed by atoms with Crippen molar-refractivity contribution in [2.45, 2.75) is 44.9 Å². The van der Waals surface area contributed by atoms with Crippen LogP contribution in [0.25, 0.3) is 0 Å². The lowest BCUT2D eigenvalue weighted by Crippen LogP contribution is -2.49. The molecule has 0 radical (unpaired) electrons. The van der Waals surface area contributed by atoms with Gasteiger partial charge in [-0.25, -0.2) is 4.79 Å².